The van der Waals surface area contributed by atoms with Crippen LogP contribution in [0.1, 0.15) is 10.4 Å². The molecule has 154 valence electrons. The van der Waals surface area contributed by atoms with Gasteiger partial charge in [-0.1, -0.05) is 58.5 Å². The summed E-state index contributed by atoms with van der Waals surface area (Å²) >= 11 is 23.9. The van der Waals surface area contributed by atoms with Crippen LogP contribution in [0.3, 0.4) is 0 Å². The van der Waals surface area contributed by atoms with Gasteiger partial charge in [0.2, 0.25) is 0 Å². The summed E-state index contributed by atoms with van der Waals surface area (Å²) in [6.07, 6.45) is -0.676. The van der Waals surface area contributed by atoms with E-state index < -0.39 is 24.6 Å². The summed E-state index contributed by atoms with van der Waals surface area (Å²) in [5.74, 6) is -1.55. The molecule has 2 aromatic rings. The number of carbonyl (C=O) groups is 3. The van der Waals surface area contributed by atoms with Gasteiger partial charge < -0.3 is 14.8 Å². The summed E-state index contributed by atoms with van der Waals surface area (Å²) in [4.78, 5) is 37.4. The molecule has 0 fully saturated rings. The molecule has 0 aliphatic heterocycles. The number of rotatable bonds is 5. The number of hydrogen-bond acceptors (Lipinski definition) is 5. The molecular weight excluding hydrogens is 466 g/mol. The lowest BCUT2D eigenvalue weighted by Gasteiger charge is -2.18. The van der Waals surface area contributed by atoms with E-state index in [1.165, 1.54) is 32.4 Å². The number of carbonyl (C=O) groups excluding carboxylic acids is 3. The number of amides is 2. The van der Waals surface area contributed by atoms with E-state index in [2.05, 4.69) is 10.1 Å². The highest BCUT2D eigenvalue weighted by Crippen LogP contribution is 2.40. The van der Waals surface area contributed by atoms with Crippen LogP contribution in [0.2, 0.25) is 20.1 Å². The number of ether oxygens (including phenoxy) is 2. The van der Waals surface area contributed by atoms with Crippen LogP contribution in [0.4, 0.5) is 16.2 Å². The zero-order chi connectivity index (χ0) is 21.7. The van der Waals surface area contributed by atoms with Gasteiger partial charge in [0, 0.05) is 7.05 Å². The van der Waals surface area contributed by atoms with E-state index in [-0.39, 0.29) is 37.0 Å². The van der Waals surface area contributed by atoms with Crippen molar-refractivity contribution in [2.24, 2.45) is 0 Å². The van der Waals surface area contributed by atoms with E-state index in [4.69, 9.17) is 51.1 Å². The van der Waals surface area contributed by atoms with Crippen LogP contribution >= 0.6 is 46.4 Å². The Bertz CT molecular complexity index is 941. The van der Waals surface area contributed by atoms with Gasteiger partial charge >= 0.3 is 12.1 Å². The lowest BCUT2D eigenvalue weighted by Crippen LogP contribution is -2.28. The standard InChI is InChI=1S/C18H14Cl4N2O5/c1-24(18(27)28-2)12-6-4-3-5-9(12)17(26)29-8-13(25)23-16-14(21)10(19)7-11(20)15(16)22/h3-7H,8H2,1-2H3,(H,23,25). The number of hydrogen-bond donors (Lipinski definition) is 1. The summed E-state index contributed by atoms with van der Waals surface area (Å²) in [6, 6.07) is 7.52. The fraction of sp³-hybridized carbons (Fsp3) is 0.167. The zero-order valence-electron chi connectivity index (χ0n) is 15.1. The Hall–Kier alpha value is -2.19. The van der Waals surface area contributed by atoms with Crippen molar-refractivity contribution in [3.05, 3.63) is 56.0 Å². The minimum atomic E-state index is -0.826. The number of esters is 1. The van der Waals surface area contributed by atoms with Crippen molar-refractivity contribution in [2.45, 2.75) is 0 Å². The highest BCUT2D eigenvalue weighted by atomic mass is 35.5. The monoisotopic (exact) mass is 478 g/mol. The third-order valence-electron chi connectivity index (χ3n) is 3.64. The molecule has 0 spiro atoms. The number of benzene rings is 2. The smallest absolute Gasteiger partial charge is 0.413 e. The lowest BCUT2D eigenvalue weighted by atomic mass is 10.1. The van der Waals surface area contributed by atoms with Gasteiger partial charge in [0.25, 0.3) is 5.91 Å². The minimum Gasteiger partial charge on any atom is -0.452 e. The molecule has 0 heterocycles. The van der Waals surface area contributed by atoms with Gasteiger partial charge in [-0.3, -0.25) is 9.69 Å². The van der Waals surface area contributed by atoms with E-state index in [9.17, 15) is 14.4 Å². The van der Waals surface area contributed by atoms with E-state index in [1.54, 1.807) is 12.1 Å². The van der Waals surface area contributed by atoms with Gasteiger partial charge in [-0.2, -0.15) is 0 Å². The average molecular weight is 480 g/mol. The molecule has 0 radical (unpaired) electrons. The Morgan fingerprint density at radius 2 is 1.62 bits per heavy atom. The molecule has 0 unspecified atom stereocenters. The number of methoxy groups -OCH3 is 1. The second-order valence-corrected chi connectivity index (χ2v) is 7.08. The molecule has 0 atom stereocenters. The molecule has 0 aliphatic rings. The van der Waals surface area contributed by atoms with Gasteiger partial charge in [-0.05, 0) is 18.2 Å². The third kappa shape index (κ3) is 5.45. The molecule has 11 heteroatoms. The van der Waals surface area contributed by atoms with E-state index in [0.717, 1.165) is 4.90 Å². The van der Waals surface area contributed by atoms with E-state index in [0.29, 0.717) is 0 Å². The van der Waals surface area contributed by atoms with Crippen molar-refractivity contribution < 1.29 is 23.9 Å². The van der Waals surface area contributed by atoms with Crippen LogP contribution in [0.15, 0.2) is 30.3 Å². The maximum absolute atomic E-state index is 12.4. The Morgan fingerprint density at radius 1 is 1.03 bits per heavy atom. The maximum Gasteiger partial charge on any atom is 0.413 e. The van der Waals surface area contributed by atoms with Gasteiger partial charge in [0.15, 0.2) is 6.61 Å². The molecule has 2 amide bonds. The predicted molar refractivity (Wildman–Crippen MR) is 113 cm³/mol. The van der Waals surface area contributed by atoms with Crippen LogP contribution in [0.25, 0.3) is 0 Å². The first kappa shape index (κ1) is 23.1. The van der Waals surface area contributed by atoms with Crippen LogP contribution < -0.4 is 10.2 Å². The van der Waals surface area contributed by atoms with Crippen molar-refractivity contribution in [1.29, 1.82) is 0 Å². The molecule has 0 saturated heterocycles. The fourth-order valence-corrected chi connectivity index (χ4v) is 3.15. The topological polar surface area (TPSA) is 84.9 Å². The van der Waals surface area contributed by atoms with E-state index in [1.807, 2.05) is 0 Å². The minimum absolute atomic E-state index is 0.00212. The van der Waals surface area contributed by atoms with Crippen LogP contribution in [-0.4, -0.2) is 38.7 Å². The maximum atomic E-state index is 12.4. The summed E-state index contributed by atoms with van der Waals surface area (Å²) < 4.78 is 9.66. The first-order valence-corrected chi connectivity index (χ1v) is 9.39. The molecule has 0 aromatic heterocycles. The molecule has 2 rings (SSSR count). The van der Waals surface area contributed by atoms with Crippen molar-refractivity contribution in [2.75, 3.05) is 31.0 Å². The highest BCUT2D eigenvalue weighted by molar-refractivity contribution is 6.50. The zero-order valence-corrected chi connectivity index (χ0v) is 18.1. The van der Waals surface area contributed by atoms with Crippen LogP contribution in [0, 0.1) is 0 Å². The Labute approximate surface area is 186 Å². The van der Waals surface area contributed by atoms with Crippen molar-refractivity contribution >= 4 is 75.7 Å². The SMILES string of the molecule is COC(=O)N(C)c1ccccc1C(=O)OCC(=O)Nc1c(Cl)c(Cl)cc(Cl)c1Cl. The molecule has 0 saturated carbocycles. The molecule has 29 heavy (non-hydrogen) atoms. The fourth-order valence-electron chi connectivity index (χ4n) is 2.24. The molecule has 1 N–H and O–H groups in total. The van der Waals surface area contributed by atoms with Crippen molar-refractivity contribution in [3.8, 4) is 0 Å². The Morgan fingerprint density at radius 3 is 2.21 bits per heavy atom. The number of nitrogens with zero attached hydrogens (tertiary/aromatic N) is 1. The summed E-state index contributed by atoms with van der Waals surface area (Å²) in [6.45, 7) is -0.647. The molecule has 0 bridgehead atoms. The van der Waals surface area contributed by atoms with Crippen molar-refractivity contribution in [1.82, 2.24) is 0 Å². The normalized spacial score (nSPS) is 10.3. The van der Waals surface area contributed by atoms with E-state index >= 15 is 0 Å². The molecule has 0 aliphatic carbocycles. The second-order valence-electron chi connectivity index (χ2n) is 5.51. The molecule has 2 aromatic carbocycles. The van der Waals surface area contributed by atoms with Gasteiger partial charge in [0.1, 0.15) is 0 Å². The quantitative estimate of drug-likeness (QED) is 0.464. The lowest BCUT2D eigenvalue weighted by molar-refractivity contribution is -0.119. The average Bonchev–Trinajstić information content (AvgIpc) is 2.72. The van der Waals surface area contributed by atoms with Gasteiger partial charge in [0.05, 0.1) is 44.1 Å². The predicted octanol–water partition coefficient (Wildman–Crippen LogP) is 5.30. The summed E-state index contributed by atoms with van der Waals surface area (Å²) in [5.41, 5.74) is 0.310. The first-order chi connectivity index (χ1) is 13.7. The number of para-hydroxylation sites is 1. The van der Waals surface area contributed by atoms with Crippen LogP contribution in [0.5, 0.6) is 0 Å². The first-order valence-electron chi connectivity index (χ1n) is 7.88. The third-order valence-corrected chi connectivity index (χ3v) is 5.22. The van der Waals surface area contributed by atoms with Gasteiger partial charge in [-0.15, -0.1) is 0 Å². The van der Waals surface area contributed by atoms with Crippen molar-refractivity contribution in [3.63, 3.8) is 0 Å². The summed E-state index contributed by atoms with van der Waals surface area (Å²) in [5, 5.41) is 2.56. The number of anilines is 2. The molecular formula is C18H14Cl4N2O5. The number of nitrogens with one attached hydrogen (secondary N) is 1. The Kier molecular flexibility index (Phi) is 7.98. The molecule has 7 nitrogen and oxygen atoms in total. The number of halogens is 4. The highest BCUT2D eigenvalue weighted by Gasteiger charge is 2.21. The summed E-state index contributed by atoms with van der Waals surface area (Å²) in [7, 11) is 2.64. The largest absolute Gasteiger partial charge is 0.452 e. The van der Waals surface area contributed by atoms with Crippen LogP contribution in [-0.2, 0) is 14.3 Å². The van der Waals surface area contributed by atoms with Gasteiger partial charge in [-0.25, -0.2) is 9.59 Å². The second kappa shape index (κ2) is 10.0. The Balaban J connectivity index is 2.11.